The average Bonchev–Trinajstić information content (AvgIpc) is 1.99. The Morgan fingerprint density at radius 1 is 0.206 bits per heavy atom. The first-order valence-corrected chi connectivity index (χ1v) is 43.8. The van der Waals surface area contributed by atoms with E-state index in [0.29, 0.717) is 49.4 Å². The quantitative estimate of drug-likeness (QED) is 0.0215. The zero-order valence-corrected chi connectivity index (χ0v) is 69.4. The molecule has 0 saturated carbocycles. The minimum Gasteiger partial charge on any atom is -0.502 e. The third-order valence-electron chi connectivity index (χ3n) is 19.6. The molecule has 4 atom stereocenters. The Morgan fingerprint density at radius 3 is 0.392 bits per heavy atom. The van der Waals surface area contributed by atoms with Crippen molar-refractivity contribution in [3.8, 4) is 0 Å². The topological polar surface area (TPSA) is 162 Å². The number of hydrogen-bond acceptors (Lipinski definition) is 8. The lowest BCUT2D eigenvalue weighted by Gasteiger charge is -2.23. The van der Waals surface area contributed by atoms with E-state index in [9.17, 15) is 0 Å². The number of unbranched alkanes of at least 4 members (excludes halogenated alkanes) is 52. The molecule has 0 radical (unpaired) electrons. The highest BCUT2D eigenvalue weighted by Gasteiger charge is 2.26. The molecule has 4 unspecified atom stereocenters. The Hall–Kier alpha value is -0.600. The molecule has 0 aromatic carbocycles. The van der Waals surface area contributed by atoms with Crippen molar-refractivity contribution in [2.45, 2.75) is 466 Å². The molecule has 0 aliphatic heterocycles. The number of thiocarbonyl (C=S) groups is 4. The predicted molar refractivity (Wildman–Crippen MR) is 447 cm³/mol. The van der Waals surface area contributed by atoms with Crippen LogP contribution in [0.25, 0.3) is 0 Å². The van der Waals surface area contributed by atoms with Crippen LogP contribution in [0.1, 0.15) is 466 Å². The van der Waals surface area contributed by atoms with E-state index in [4.69, 9.17) is 89.7 Å². The summed E-state index contributed by atoms with van der Waals surface area (Å²) in [5.74, 6) is 2.20. The number of rotatable bonds is 72. The largest absolute Gasteiger partial charge is 0.502 e. The normalized spacial score (nSPS) is 12.4. The summed E-state index contributed by atoms with van der Waals surface area (Å²) < 4.78 is 0. The van der Waals surface area contributed by atoms with Gasteiger partial charge in [-0.1, -0.05) is 441 Å². The fourth-order valence-electron chi connectivity index (χ4n) is 12.7. The summed E-state index contributed by atoms with van der Waals surface area (Å²) in [6, 6.07) is 0. The van der Waals surface area contributed by atoms with E-state index in [-0.39, 0.29) is 20.2 Å². The molecule has 0 bridgehead atoms. The maximum Gasteiger partial charge on any atom is 0.156 e. The van der Waals surface area contributed by atoms with Crippen molar-refractivity contribution in [3.05, 3.63) is 0 Å². The Kier molecular flexibility index (Phi) is 97.0. The molecule has 0 aromatic heterocycles. The smallest absolute Gasteiger partial charge is 0.156 e. The summed E-state index contributed by atoms with van der Waals surface area (Å²) in [5.41, 5.74) is -1.11. The fraction of sp³-hybridized carbons (Fsp3) is 0.953. The van der Waals surface area contributed by atoms with E-state index in [1.807, 2.05) is 0 Å². The van der Waals surface area contributed by atoms with Gasteiger partial charge >= 0.3 is 0 Å². The van der Waals surface area contributed by atoms with Gasteiger partial charge in [0.05, 0.1) is 31.8 Å². The third-order valence-corrected chi connectivity index (χ3v) is 20.3. The minimum atomic E-state index is -1.11. The molecule has 0 heterocycles. The standard InChI is InChI=1S/4C20H40OS.C5H12O4/c4*1-3-4-5-6-7-8-9-10-11-12-13-14-15-16-17-19(2)18-20(21)22;6-1-5(2-7,3-8)4-9/h4*19H,3-18H2,1-2H3,(H,21,22);6-9H,1-4H2. The van der Waals surface area contributed by atoms with Crippen molar-refractivity contribution in [1.29, 1.82) is 0 Å². The second-order valence-electron chi connectivity index (χ2n) is 30.5. The molecular formula is C85H172O8S4. The molecule has 0 saturated heterocycles. The molecule has 0 spiro atoms. The van der Waals surface area contributed by atoms with Crippen molar-refractivity contribution in [3.63, 3.8) is 0 Å². The molecule has 0 fully saturated rings. The van der Waals surface area contributed by atoms with Gasteiger partial charge in [-0.15, -0.1) is 0 Å². The predicted octanol–water partition coefficient (Wildman–Crippen LogP) is 29.0. The summed E-state index contributed by atoms with van der Waals surface area (Å²) >= 11 is 18.9. The Balaban J connectivity index is -0.000000371. The van der Waals surface area contributed by atoms with E-state index in [2.05, 4.69) is 55.4 Å². The summed E-state index contributed by atoms with van der Waals surface area (Å²) in [6.07, 6.45) is 86.7. The van der Waals surface area contributed by atoms with Gasteiger partial charge in [0.1, 0.15) is 0 Å². The van der Waals surface area contributed by atoms with Crippen LogP contribution in [-0.4, -0.2) is 87.5 Å². The van der Waals surface area contributed by atoms with Gasteiger partial charge in [-0.3, -0.25) is 0 Å². The highest BCUT2D eigenvalue weighted by atomic mass is 32.1. The van der Waals surface area contributed by atoms with Crippen molar-refractivity contribution in [2.75, 3.05) is 26.4 Å². The first kappa shape index (κ1) is 105. The molecule has 97 heavy (non-hydrogen) atoms. The maximum absolute atomic E-state index is 9.07. The first-order valence-electron chi connectivity index (χ1n) is 42.2. The highest BCUT2D eigenvalue weighted by molar-refractivity contribution is 7.80. The summed E-state index contributed by atoms with van der Waals surface area (Å²) in [7, 11) is 0. The van der Waals surface area contributed by atoms with Crippen LogP contribution in [-0.2, 0) is 0 Å². The lowest BCUT2D eigenvalue weighted by molar-refractivity contribution is -0.0328. The highest BCUT2D eigenvalue weighted by Crippen LogP contribution is 2.22. The number of hydrogen-bond donors (Lipinski definition) is 8. The van der Waals surface area contributed by atoms with Crippen LogP contribution in [0.3, 0.4) is 0 Å². The lowest BCUT2D eigenvalue weighted by atomic mass is 9.93. The van der Waals surface area contributed by atoms with Gasteiger partial charge in [0, 0.05) is 25.7 Å². The van der Waals surface area contributed by atoms with Gasteiger partial charge in [-0.05, 0) is 72.5 Å². The van der Waals surface area contributed by atoms with Gasteiger partial charge in [-0.25, -0.2) is 0 Å². The second-order valence-corrected chi connectivity index (χ2v) is 32.4. The third kappa shape index (κ3) is 99.6. The van der Waals surface area contributed by atoms with Crippen LogP contribution in [0, 0.1) is 29.1 Å². The summed E-state index contributed by atoms with van der Waals surface area (Å²) in [6.45, 7) is 16.2. The van der Waals surface area contributed by atoms with Crippen LogP contribution in [0.4, 0.5) is 0 Å². The second kappa shape index (κ2) is 89.6. The van der Waals surface area contributed by atoms with Gasteiger partial charge in [0.25, 0.3) is 0 Å². The van der Waals surface area contributed by atoms with Crippen LogP contribution in [0.5, 0.6) is 0 Å². The lowest BCUT2D eigenvalue weighted by Crippen LogP contribution is -2.37. The molecular weight excluding hydrogens is 1280 g/mol. The fourth-order valence-corrected chi connectivity index (χ4v) is 13.8. The molecule has 8 nitrogen and oxygen atoms in total. The van der Waals surface area contributed by atoms with Crippen molar-refractivity contribution in [1.82, 2.24) is 0 Å². The minimum absolute atomic E-state index is 0.179. The SMILES string of the molecule is CCCCCCCCCCCCCCCCC(C)CC(O)=S.CCCCCCCCCCCCCCCCC(C)CC(O)=S.CCCCCCCCCCCCCCCCC(C)CC(O)=S.CCCCCCCCCCCCCCCCC(C)CC(O)=S.OCC(CO)(CO)CO. The molecule has 0 aliphatic carbocycles. The van der Waals surface area contributed by atoms with E-state index >= 15 is 0 Å². The molecule has 0 aromatic rings. The Morgan fingerprint density at radius 2 is 0.309 bits per heavy atom. The van der Waals surface area contributed by atoms with Gasteiger partial charge in [0.15, 0.2) is 20.2 Å². The average molecular weight is 1450 g/mol. The molecule has 12 heteroatoms. The summed E-state index contributed by atoms with van der Waals surface area (Å²) in [5, 5.41) is 71.0. The van der Waals surface area contributed by atoms with Crippen LogP contribution in [0.2, 0.25) is 0 Å². The van der Waals surface area contributed by atoms with Crippen LogP contribution >= 0.6 is 48.9 Å². The van der Waals surface area contributed by atoms with E-state index < -0.39 is 31.8 Å². The number of aliphatic hydroxyl groups is 8. The molecule has 0 rings (SSSR count). The van der Waals surface area contributed by atoms with E-state index in [0.717, 1.165) is 0 Å². The van der Waals surface area contributed by atoms with Crippen LogP contribution < -0.4 is 0 Å². The maximum atomic E-state index is 9.07. The van der Waals surface area contributed by atoms with Crippen molar-refractivity contribution >= 4 is 69.1 Å². The molecule has 8 N–H and O–H groups in total. The Bertz CT molecular complexity index is 1320. The van der Waals surface area contributed by atoms with Gasteiger partial charge in [0.2, 0.25) is 0 Å². The van der Waals surface area contributed by atoms with E-state index in [1.54, 1.807) is 0 Å². The van der Waals surface area contributed by atoms with Gasteiger partial charge < -0.3 is 40.9 Å². The zero-order valence-electron chi connectivity index (χ0n) is 66.1. The van der Waals surface area contributed by atoms with Gasteiger partial charge in [-0.2, -0.15) is 0 Å². The first-order chi connectivity index (χ1) is 46.9. The summed E-state index contributed by atoms with van der Waals surface area (Å²) in [4.78, 5) is 0. The molecule has 0 amide bonds. The Labute approximate surface area is 627 Å². The monoisotopic (exact) mass is 1450 g/mol. The van der Waals surface area contributed by atoms with Crippen molar-refractivity contribution in [2.24, 2.45) is 29.1 Å². The zero-order chi connectivity index (χ0) is 73.2. The molecule has 0 aliphatic rings. The van der Waals surface area contributed by atoms with Crippen molar-refractivity contribution < 1.29 is 40.9 Å². The number of aliphatic hydroxyl groups excluding tert-OH is 8. The molecule has 584 valence electrons. The van der Waals surface area contributed by atoms with Crippen LogP contribution in [0.15, 0.2) is 0 Å². The van der Waals surface area contributed by atoms with E-state index in [1.165, 1.54) is 385 Å².